The molecule has 0 spiro atoms. The van der Waals surface area contributed by atoms with Gasteiger partial charge < -0.3 is 0 Å². The van der Waals surface area contributed by atoms with E-state index in [2.05, 4.69) is 24.0 Å². The van der Waals surface area contributed by atoms with Gasteiger partial charge in [-0.25, -0.2) is 0 Å². The van der Waals surface area contributed by atoms with Crippen molar-refractivity contribution in [3.05, 3.63) is 58.7 Å². The average molecular weight is 494 g/mol. The second kappa shape index (κ2) is 8.25. The third kappa shape index (κ3) is 3.28. The van der Waals surface area contributed by atoms with Gasteiger partial charge in [0.25, 0.3) is 0 Å². The molecule has 166 valence electrons. The van der Waals surface area contributed by atoms with E-state index >= 15 is 0 Å². The molecule has 5 heteroatoms. The van der Waals surface area contributed by atoms with Gasteiger partial charge in [0, 0.05) is 0 Å². The Bertz CT molecular complexity index is 1110. The second-order valence-electron chi connectivity index (χ2n) is 9.88. The predicted octanol–water partition coefficient (Wildman–Crippen LogP) is 4.84. The molecular formula is C27H29NO3Se. The molecule has 2 fully saturated rings. The maximum atomic E-state index is 11.9. The van der Waals surface area contributed by atoms with Crippen LogP contribution in [0.2, 0.25) is 0 Å². The van der Waals surface area contributed by atoms with Crippen molar-refractivity contribution in [1.29, 1.82) is 5.26 Å². The van der Waals surface area contributed by atoms with Gasteiger partial charge in [-0.15, -0.1) is 0 Å². The van der Waals surface area contributed by atoms with Crippen LogP contribution in [-0.2, 0) is 6.42 Å². The molecule has 0 aliphatic heterocycles. The van der Waals surface area contributed by atoms with E-state index in [-0.39, 0.29) is 20.4 Å². The number of fused-ring (bicyclic) bond motifs is 5. The van der Waals surface area contributed by atoms with Gasteiger partial charge in [-0.1, -0.05) is 0 Å². The van der Waals surface area contributed by atoms with Crippen LogP contribution in [0.1, 0.15) is 77.9 Å². The van der Waals surface area contributed by atoms with E-state index in [1.807, 2.05) is 18.2 Å². The summed E-state index contributed by atoms with van der Waals surface area (Å²) in [4.78, 5) is 14.3. The Labute approximate surface area is 196 Å². The number of carboxylic acid groups (broad SMARTS) is 1. The molecule has 3 aliphatic carbocycles. The van der Waals surface area contributed by atoms with E-state index in [0.717, 1.165) is 41.5 Å². The Hall–Kier alpha value is -2.28. The minimum atomic E-state index is -0.811. The number of nitriles is 1. The molecule has 0 amide bonds. The zero-order valence-electron chi connectivity index (χ0n) is 18.6. The Balaban J connectivity index is 1.49. The van der Waals surface area contributed by atoms with E-state index in [0.29, 0.717) is 29.2 Å². The third-order valence-corrected chi connectivity index (χ3v) is 10.1. The van der Waals surface area contributed by atoms with E-state index in [9.17, 15) is 15.2 Å². The van der Waals surface area contributed by atoms with Crippen LogP contribution in [0.25, 0.3) is 0 Å². The summed E-state index contributed by atoms with van der Waals surface area (Å²) in [6.07, 6.45) is 6.78. The molecule has 2 aromatic rings. The van der Waals surface area contributed by atoms with Gasteiger partial charge in [-0.2, -0.15) is 0 Å². The number of aromatic carboxylic acids is 1. The quantitative estimate of drug-likeness (QED) is 0.618. The summed E-state index contributed by atoms with van der Waals surface area (Å²) in [6, 6.07) is 12.1. The zero-order chi connectivity index (χ0) is 22.5. The van der Waals surface area contributed by atoms with Crippen molar-refractivity contribution < 1.29 is 14.6 Å². The molecule has 0 aromatic heterocycles. The molecule has 32 heavy (non-hydrogen) atoms. The first-order chi connectivity index (χ1) is 15.5. The molecule has 2 saturated carbocycles. The van der Waals surface area contributed by atoms with E-state index in [1.54, 1.807) is 13.2 Å². The summed E-state index contributed by atoms with van der Waals surface area (Å²) in [5.41, 5.74) is 4.51. The van der Waals surface area contributed by atoms with Gasteiger partial charge in [-0.05, 0) is 0 Å². The van der Waals surface area contributed by atoms with Crippen molar-refractivity contribution in [3.8, 4) is 10.7 Å². The number of rotatable bonds is 4. The Morgan fingerprint density at radius 3 is 2.75 bits per heavy atom. The van der Waals surface area contributed by atoms with Crippen LogP contribution in [0.3, 0.4) is 0 Å². The average Bonchev–Trinajstić information content (AvgIpc) is 3.15. The number of carboxylic acids is 1. The van der Waals surface area contributed by atoms with Gasteiger partial charge >= 0.3 is 196 Å². The van der Waals surface area contributed by atoms with Gasteiger partial charge in [-0.3, -0.25) is 0 Å². The van der Waals surface area contributed by atoms with Crippen molar-refractivity contribution in [2.45, 2.75) is 57.3 Å². The van der Waals surface area contributed by atoms with Gasteiger partial charge in [0.1, 0.15) is 0 Å². The maximum absolute atomic E-state index is 11.9. The van der Waals surface area contributed by atoms with E-state index < -0.39 is 5.97 Å². The molecule has 1 unspecified atom stereocenters. The molecule has 0 saturated heterocycles. The van der Waals surface area contributed by atoms with Gasteiger partial charge in [0.05, 0.1) is 0 Å². The Morgan fingerprint density at radius 2 is 2.00 bits per heavy atom. The van der Waals surface area contributed by atoms with Crippen molar-refractivity contribution in [1.82, 2.24) is 0 Å². The molecule has 0 radical (unpaired) electrons. The van der Waals surface area contributed by atoms with Crippen LogP contribution in [0.15, 0.2) is 36.4 Å². The van der Waals surface area contributed by atoms with E-state index in [1.165, 1.54) is 24.0 Å². The molecule has 3 aliphatic rings. The van der Waals surface area contributed by atoms with Gasteiger partial charge in [0.15, 0.2) is 0 Å². The van der Waals surface area contributed by atoms with Crippen LogP contribution < -0.4 is 9.20 Å². The molecular weight excluding hydrogens is 465 g/mol. The van der Waals surface area contributed by atoms with Gasteiger partial charge in [0.2, 0.25) is 0 Å². The standard InChI is InChI=1S/C27H29NO3Se/c1-27-12-11-17-19(8-7-16-13-24(31-2)25(32-15-28)14-21(16)17)23(27)10-9-22(27)18-5-3-4-6-20(18)26(29)30/h3-6,13-14,17,19,22-23H,7-12H2,1-2H3,(H,29,30)/t17-,19+,22?,23-,27+/m0/s1. The normalized spacial score (nSPS) is 30.5. The summed E-state index contributed by atoms with van der Waals surface area (Å²) < 4.78 is 6.66. The number of benzene rings is 2. The fraction of sp³-hybridized carbons (Fsp3) is 0.481. The summed E-state index contributed by atoms with van der Waals surface area (Å²) in [5, 5.41) is 19.1. The molecule has 2 aromatic carbocycles. The Kier molecular flexibility index (Phi) is 5.56. The van der Waals surface area contributed by atoms with E-state index in [4.69, 9.17) is 4.74 Å². The van der Waals surface area contributed by atoms with Crippen molar-refractivity contribution in [3.63, 3.8) is 0 Å². The van der Waals surface area contributed by atoms with Crippen LogP contribution in [0.4, 0.5) is 0 Å². The van der Waals surface area contributed by atoms with Crippen LogP contribution in [0.5, 0.6) is 5.75 Å². The molecule has 0 heterocycles. The number of hydrogen-bond acceptors (Lipinski definition) is 3. The summed E-state index contributed by atoms with van der Waals surface area (Å²) >= 11 is -0.227. The fourth-order valence-electron chi connectivity index (χ4n) is 7.37. The number of carbonyl (C=O) groups is 1. The molecule has 4 nitrogen and oxygen atoms in total. The molecule has 5 atom stereocenters. The van der Waals surface area contributed by atoms with Crippen LogP contribution in [-0.4, -0.2) is 33.1 Å². The number of hydrogen-bond donors (Lipinski definition) is 1. The fourth-order valence-corrected chi connectivity index (χ4v) is 8.48. The van der Waals surface area contributed by atoms with Crippen molar-refractivity contribution >= 4 is 25.4 Å². The van der Waals surface area contributed by atoms with Crippen molar-refractivity contribution in [2.75, 3.05) is 7.11 Å². The molecule has 5 rings (SSSR count). The first kappa shape index (κ1) is 21.6. The topological polar surface area (TPSA) is 70.3 Å². The first-order valence-electron chi connectivity index (χ1n) is 11.6. The molecule has 0 bridgehead atoms. The SMILES string of the molecule is COc1cc2c(cc1[Se]C#N)[C@H]1CC[C@]3(C)C(c4ccccc4C(=O)O)CC[C@H]3[C@@H]1CC2. The predicted molar refractivity (Wildman–Crippen MR) is 125 cm³/mol. The second-order valence-corrected chi connectivity index (χ2v) is 11.6. The number of aryl methyl sites for hydroxylation is 1. The summed E-state index contributed by atoms with van der Waals surface area (Å²) in [7, 11) is 1.70. The first-order valence-corrected chi connectivity index (χ1v) is 13.3. The van der Waals surface area contributed by atoms with Crippen LogP contribution in [0, 0.1) is 27.5 Å². The van der Waals surface area contributed by atoms with Crippen molar-refractivity contribution in [2.24, 2.45) is 17.3 Å². The minimum absolute atomic E-state index is 0.149. The number of nitrogens with zero attached hydrogens (tertiary/aromatic N) is 1. The summed E-state index contributed by atoms with van der Waals surface area (Å²) in [5.74, 6) is 2.18. The zero-order valence-corrected chi connectivity index (χ0v) is 20.3. The number of ether oxygens (including phenoxy) is 1. The third-order valence-electron chi connectivity index (χ3n) is 8.73. The molecule has 1 N–H and O–H groups in total. The van der Waals surface area contributed by atoms with Crippen LogP contribution >= 0.6 is 0 Å². The Morgan fingerprint density at radius 1 is 1.19 bits per heavy atom. The summed E-state index contributed by atoms with van der Waals surface area (Å²) in [6.45, 7) is 2.43. The monoisotopic (exact) mass is 495 g/mol. The number of methoxy groups -OCH3 is 1.